The highest BCUT2D eigenvalue weighted by Crippen LogP contribution is 2.36. The molecule has 0 N–H and O–H groups in total. The van der Waals surface area contributed by atoms with Crippen LogP contribution in [-0.4, -0.2) is 0 Å². The summed E-state index contributed by atoms with van der Waals surface area (Å²) < 4.78 is 0. The van der Waals surface area contributed by atoms with Crippen LogP contribution in [0.4, 0.5) is 0 Å². The number of benzene rings is 2. The average Bonchev–Trinajstić information content (AvgIpc) is 2.56. The Hall–Kier alpha value is -2.34. The number of rotatable bonds is 3. The second-order valence-corrected chi connectivity index (χ2v) is 5.09. The molecule has 0 saturated heterocycles. The lowest BCUT2D eigenvalue weighted by atomic mass is 9.81. The quantitative estimate of drug-likeness (QED) is 0.650. The molecule has 0 spiro atoms. The fraction of sp³-hybridized carbons (Fsp3) is 0.100. The van der Waals surface area contributed by atoms with Gasteiger partial charge in [0.25, 0.3) is 0 Å². The molecule has 98 valence electrons. The van der Waals surface area contributed by atoms with Crippen molar-refractivity contribution in [3.63, 3.8) is 0 Å². The van der Waals surface area contributed by atoms with Crippen LogP contribution in [0.1, 0.15) is 17.5 Å². The lowest BCUT2D eigenvalue weighted by Crippen LogP contribution is -2.05. The molecule has 1 unspecified atom stereocenters. The molecule has 2 aromatic carbocycles. The van der Waals surface area contributed by atoms with Crippen LogP contribution >= 0.6 is 0 Å². The van der Waals surface area contributed by atoms with Crippen molar-refractivity contribution >= 4 is 11.1 Å². The van der Waals surface area contributed by atoms with Crippen LogP contribution in [-0.2, 0) is 0 Å². The van der Waals surface area contributed by atoms with Gasteiger partial charge in [-0.25, -0.2) is 0 Å². The summed E-state index contributed by atoms with van der Waals surface area (Å²) in [5.41, 5.74) is 5.35. The fourth-order valence-corrected chi connectivity index (χ4v) is 2.75. The van der Waals surface area contributed by atoms with Gasteiger partial charge in [0.15, 0.2) is 0 Å². The summed E-state index contributed by atoms with van der Waals surface area (Å²) in [4.78, 5) is 0. The summed E-state index contributed by atoms with van der Waals surface area (Å²) in [7, 11) is 0. The number of hydrogen-bond acceptors (Lipinski definition) is 0. The van der Waals surface area contributed by atoms with Crippen molar-refractivity contribution in [1.29, 1.82) is 0 Å². The fourth-order valence-electron chi connectivity index (χ4n) is 2.75. The normalized spacial score (nSPS) is 18.1. The molecule has 0 amide bonds. The third kappa shape index (κ3) is 2.50. The average molecular weight is 258 g/mol. The van der Waals surface area contributed by atoms with E-state index in [1.54, 1.807) is 0 Å². The first-order chi connectivity index (χ1) is 9.88. The maximum atomic E-state index is 4.02. The Balaban J connectivity index is 1.98. The highest BCUT2D eigenvalue weighted by Gasteiger charge is 2.18. The summed E-state index contributed by atoms with van der Waals surface area (Å²) in [6, 6.07) is 21.2. The largest absolute Gasteiger partial charge is 0.102 e. The van der Waals surface area contributed by atoms with Gasteiger partial charge in [-0.2, -0.15) is 0 Å². The maximum absolute atomic E-state index is 4.02. The van der Waals surface area contributed by atoms with Gasteiger partial charge >= 0.3 is 0 Å². The first kappa shape index (κ1) is 12.7. The van der Waals surface area contributed by atoms with Gasteiger partial charge in [-0.1, -0.05) is 78.9 Å². The van der Waals surface area contributed by atoms with Gasteiger partial charge in [0.05, 0.1) is 0 Å². The molecule has 0 heteroatoms. The van der Waals surface area contributed by atoms with Crippen molar-refractivity contribution in [2.24, 2.45) is 5.92 Å². The first-order valence-electron chi connectivity index (χ1n) is 7.02. The summed E-state index contributed by atoms with van der Waals surface area (Å²) in [5.74, 6) is 0.387. The minimum Gasteiger partial charge on any atom is -0.102 e. The molecule has 2 aromatic rings. The number of hydrogen-bond donors (Lipinski definition) is 0. The zero-order valence-electron chi connectivity index (χ0n) is 11.5. The van der Waals surface area contributed by atoms with Gasteiger partial charge < -0.3 is 0 Å². The maximum Gasteiger partial charge on any atom is 0.00618 e. The molecule has 1 aliphatic rings. The van der Waals surface area contributed by atoms with Crippen LogP contribution in [0.3, 0.4) is 0 Å². The van der Waals surface area contributed by atoms with Gasteiger partial charge in [-0.05, 0) is 28.7 Å². The molecule has 0 bridgehead atoms. The van der Waals surface area contributed by atoms with E-state index in [1.807, 2.05) is 0 Å². The Kier molecular flexibility index (Phi) is 3.64. The summed E-state index contributed by atoms with van der Waals surface area (Å²) in [5, 5.41) is 0. The third-order valence-corrected chi connectivity index (χ3v) is 3.84. The SMILES string of the molecule is C=CC1CC(c2ccccc2)=CC=C1c1ccccc1. The number of allylic oxidation sites excluding steroid dienone is 5. The van der Waals surface area contributed by atoms with Gasteiger partial charge in [0.1, 0.15) is 0 Å². The molecule has 20 heavy (non-hydrogen) atoms. The van der Waals surface area contributed by atoms with Crippen LogP contribution in [0.25, 0.3) is 11.1 Å². The molecule has 1 atom stereocenters. The van der Waals surface area contributed by atoms with Crippen LogP contribution in [0.2, 0.25) is 0 Å². The Morgan fingerprint density at radius 3 is 2.00 bits per heavy atom. The van der Waals surface area contributed by atoms with Crippen molar-refractivity contribution in [1.82, 2.24) is 0 Å². The zero-order valence-corrected chi connectivity index (χ0v) is 11.5. The molecule has 0 nitrogen and oxygen atoms in total. The lowest BCUT2D eigenvalue weighted by Gasteiger charge is -2.23. The summed E-state index contributed by atoms with van der Waals surface area (Å²) in [6.45, 7) is 4.02. The highest BCUT2D eigenvalue weighted by atomic mass is 14.2. The molecule has 0 heterocycles. The Labute approximate surface area is 120 Å². The molecular formula is C20H18. The van der Waals surface area contributed by atoms with E-state index in [0.717, 1.165) is 6.42 Å². The van der Waals surface area contributed by atoms with Crippen LogP contribution in [0.5, 0.6) is 0 Å². The van der Waals surface area contributed by atoms with Crippen LogP contribution < -0.4 is 0 Å². The molecule has 0 radical (unpaired) electrons. The van der Waals surface area contributed by atoms with Gasteiger partial charge in [0, 0.05) is 5.92 Å². The molecule has 3 rings (SSSR count). The van der Waals surface area contributed by atoms with Crippen molar-refractivity contribution in [2.45, 2.75) is 6.42 Å². The second-order valence-electron chi connectivity index (χ2n) is 5.09. The second kappa shape index (κ2) is 5.75. The van der Waals surface area contributed by atoms with Gasteiger partial charge in [0.2, 0.25) is 0 Å². The lowest BCUT2D eigenvalue weighted by molar-refractivity contribution is 0.861. The van der Waals surface area contributed by atoms with E-state index in [1.165, 1.54) is 22.3 Å². The molecule has 1 aliphatic carbocycles. The summed E-state index contributed by atoms with van der Waals surface area (Å²) >= 11 is 0. The van der Waals surface area contributed by atoms with E-state index in [-0.39, 0.29) is 0 Å². The van der Waals surface area contributed by atoms with E-state index >= 15 is 0 Å². The Morgan fingerprint density at radius 2 is 1.40 bits per heavy atom. The van der Waals surface area contributed by atoms with Gasteiger partial charge in [-0.15, -0.1) is 6.58 Å². The van der Waals surface area contributed by atoms with E-state index in [9.17, 15) is 0 Å². The van der Waals surface area contributed by atoms with E-state index in [4.69, 9.17) is 0 Å². The Morgan fingerprint density at radius 1 is 0.800 bits per heavy atom. The van der Waals surface area contributed by atoms with Crippen molar-refractivity contribution in [2.75, 3.05) is 0 Å². The zero-order chi connectivity index (χ0) is 13.8. The summed E-state index contributed by atoms with van der Waals surface area (Å²) in [6.07, 6.45) is 7.58. The Bertz CT molecular complexity index is 645. The van der Waals surface area contributed by atoms with E-state index < -0.39 is 0 Å². The predicted molar refractivity (Wildman–Crippen MR) is 87.1 cm³/mol. The van der Waals surface area contributed by atoms with Gasteiger partial charge in [-0.3, -0.25) is 0 Å². The molecule has 0 aromatic heterocycles. The monoisotopic (exact) mass is 258 g/mol. The molecule has 0 aliphatic heterocycles. The third-order valence-electron chi connectivity index (χ3n) is 3.84. The predicted octanol–water partition coefficient (Wildman–Crippen LogP) is 5.36. The van der Waals surface area contributed by atoms with Crippen molar-refractivity contribution in [3.05, 3.63) is 96.6 Å². The van der Waals surface area contributed by atoms with Crippen LogP contribution in [0.15, 0.2) is 85.5 Å². The van der Waals surface area contributed by atoms with E-state index in [2.05, 4.69) is 85.5 Å². The van der Waals surface area contributed by atoms with Crippen molar-refractivity contribution in [3.8, 4) is 0 Å². The minimum absolute atomic E-state index is 0.387. The topological polar surface area (TPSA) is 0 Å². The van der Waals surface area contributed by atoms with Crippen molar-refractivity contribution < 1.29 is 0 Å². The highest BCUT2D eigenvalue weighted by molar-refractivity contribution is 5.80. The van der Waals surface area contributed by atoms with E-state index in [0.29, 0.717) is 5.92 Å². The first-order valence-corrected chi connectivity index (χ1v) is 7.02. The smallest absolute Gasteiger partial charge is 0.00618 e. The standard InChI is InChI=1S/C20H18/c1-2-16-15-19(17-9-5-3-6-10-17)13-14-20(16)18-11-7-4-8-12-18/h2-14,16H,1,15H2. The molecular weight excluding hydrogens is 240 g/mol. The van der Waals surface area contributed by atoms with Crippen LogP contribution in [0, 0.1) is 5.92 Å². The minimum atomic E-state index is 0.387. The molecule has 0 fully saturated rings. The molecule has 0 saturated carbocycles.